The zero-order valence-corrected chi connectivity index (χ0v) is 8.24. The van der Waals surface area contributed by atoms with Crippen LogP contribution in [0.15, 0.2) is 0 Å². The highest BCUT2D eigenvalue weighted by molar-refractivity contribution is 5.99. The average Bonchev–Trinajstić information content (AvgIpc) is 2.17. The van der Waals surface area contributed by atoms with Gasteiger partial charge in [0.1, 0.15) is 18.8 Å². The summed E-state index contributed by atoms with van der Waals surface area (Å²) in [6.45, 7) is 3.10. The lowest BCUT2D eigenvalue weighted by molar-refractivity contribution is -0.163. The van der Waals surface area contributed by atoms with Crippen LogP contribution in [-0.2, 0) is 14.3 Å². The van der Waals surface area contributed by atoms with Gasteiger partial charge in [0.05, 0.1) is 6.07 Å². The Bertz CT molecular complexity index is 292. The van der Waals surface area contributed by atoms with Crippen LogP contribution in [0.1, 0.15) is 20.3 Å². The van der Waals surface area contributed by atoms with Gasteiger partial charge in [0.25, 0.3) is 11.8 Å². The maximum absolute atomic E-state index is 11.4. The number of amides is 2. The van der Waals surface area contributed by atoms with E-state index in [1.807, 2.05) is 6.07 Å². The molecule has 0 saturated carbocycles. The number of hydrogen-bond acceptors (Lipinski definition) is 4. The molecule has 0 aliphatic carbocycles. The number of hydrogen-bond donors (Lipinski definition) is 0. The van der Waals surface area contributed by atoms with Crippen LogP contribution >= 0.6 is 0 Å². The second-order valence-electron chi connectivity index (χ2n) is 3.35. The van der Waals surface area contributed by atoms with E-state index in [9.17, 15) is 9.59 Å². The molecule has 1 rings (SSSR count). The lowest BCUT2D eigenvalue weighted by atomic mass is 9.97. The third-order valence-corrected chi connectivity index (χ3v) is 2.37. The Labute approximate surface area is 82.2 Å². The SMILES string of the molecule is CCC(C)(C#N)N1C(=O)COCC1=O. The Balaban J connectivity index is 2.99. The molecule has 5 heteroatoms. The fourth-order valence-corrected chi connectivity index (χ4v) is 1.33. The molecule has 1 heterocycles. The first kappa shape index (κ1) is 10.7. The number of carbonyl (C=O) groups excluding carboxylic acids is 2. The summed E-state index contributed by atoms with van der Waals surface area (Å²) in [6.07, 6.45) is 0.418. The van der Waals surface area contributed by atoms with Crippen molar-refractivity contribution in [2.24, 2.45) is 0 Å². The van der Waals surface area contributed by atoms with Crippen LogP contribution in [0.4, 0.5) is 0 Å². The predicted octanol–water partition coefficient (Wildman–Crippen LogP) is 0.0641. The maximum atomic E-state index is 11.4. The number of morpholine rings is 1. The van der Waals surface area contributed by atoms with Crippen molar-refractivity contribution in [3.05, 3.63) is 0 Å². The van der Waals surface area contributed by atoms with E-state index in [0.29, 0.717) is 6.42 Å². The molecule has 5 nitrogen and oxygen atoms in total. The first-order valence-corrected chi connectivity index (χ1v) is 4.40. The topological polar surface area (TPSA) is 70.4 Å². The van der Waals surface area contributed by atoms with Crippen molar-refractivity contribution in [3.8, 4) is 6.07 Å². The van der Waals surface area contributed by atoms with Gasteiger partial charge in [-0.1, -0.05) is 6.92 Å². The molecule has 1 aliphatic rings. The van der Waals surface area contributed by atoms with Crippen LogP contribution in [0, 0.1) is 11.3 Å². The van der Waals surface area contributed by atoms with Gasteiger partial charge in [-0.05, 0) is 13.3 Å². The minimum Gasteiger partial charge on any atom is -0.362 e. The van der Waals surface area contributed by atoms with E-state index in [0.717, 1.165) is 4.90 Å². The van der Waals surface area contributed by atoms with Gasteiger partial charge in [0.2, 0.25) is 0 Å². The molecule has 0 aromatic carbocycles. The average molecular weight is 196 g/mol. The number of nitriles is 1. The Morgan fingerprint density at radius 1 is 1.50 bits per heavy atom. The van der Waals surface area contributed by atoms with E-state index in [1.54, 1.807) is 13.8 Å². The molecule has 76 valence electrons. The molecule has 1 saturated heterocycles. The second-order valence-corrected chi connectivity index (χ2v) is 3.35. The normalized spacial score (nSPS) is 21.6. The molecule has 0 radical (unpaired) electrons. The summed E-state index contributed by atoms with van der Waals surface area (Å²) in [6, 6.07) is 1.99. The minimum atomic E-state index is -1.04. The minimum absolute atomic E-state index is 0.122. The van der Waals surface area contributed by atoms with Crippen molar-refractivity contribution in [2.75, 3.05) is 13.2 Å². The van der Waals surface area contributed by atoms with Gasteiger partial charge in [0.15, 0.2) is 0 Å². The zero-order chi connectivity index (χ0) is 10.8. The van der Waals surface area contributed by atoms with Crippen LogP contribution in [0.5, 0.6) is 0 Å². The molecule has 1 unspecified atom stereocenters. The number of rotatable bonds is 2. The monoisotopic (exact) mass is 196 g/mol. The maximum Gasteiger partial charge on any atom is 0.256 e. The Morgan fingerprint density at radius 3 is 2.36 bits per heavy atom. The summed E-state index contributed by atoms with van der Waals surface area (Å²) in [7, 11) is 0. The summed E-state index contributed by atoms with van der Waals surface area (Å²) >= 11 is 0. The fraction of sp³-hybridized carbons (Fsp3) is 0.667. The highest BCUT2D eigenvalue weighted by Gasteiger charge is 2.40. The summed E-state index contributed by atoms with van der Waals surface area (Å²) in [4.78, 5) is 23.8. The molecular formula is C9H12N2O3. The molecule has 0 spiro atoms. The van der Waals surface area contributed by atoms with Crippen LogP contribution in [-0.4, -0.2) is 35.5 Å². The van der Waals surface area contributed by atoms with Crippen molar-refractivity contribution in [2.45, 2.75) is 25.8 Å². The van der Waals surface area contributed by atoms with Gasteiger partial charge >= 0.3 is 0 Å². The Morgan fingerprint density at radius 2 is 2.00 bits per heavy atom. The lowest BCUT2D eigenvalue weighted by Gasteiger charge is -2.35. The first-order chi connectivity index (χ1) is 6.55. The number of imide groups is 1. The number of carbonyl (C=O) groups is 2. The quantitative estimate of drug-likeness (QED) is 0.586. The molecular weight excluding hydrogens is 184 g/mol. The largest absolute Gasteiger partial charge is 0.362 e. The molecule has 0 bridgehead atoms. The Kier molecular flexibility index (Phi) is 2.87. The summed E-state index contributed by atoms with van der Waals surface area (Å²) in [5.41, 5.74) is -1.04. The second kappa shape index (κ2) is 3.76. The number of ether oxygens (including phenoxy) is 1. The van der Waals surface area contributed by atoms with Gasteiger partial charge < -0.3 is 4.74 Å². The highest BCUT2D eigenvalue weighted by atomic mass is 16.5. The van der Waals surface area contributed by atoms with Crippen LogP contribution < -0.4 is 0 Å². The van der Waals surface area contributed by atoms with Crippen LogP contribution in [0.3, 0.4) is 0 Å². The molecule has 2 amide bonds. The van der Waals surface area contributed by atoms with E-state index in [4.69, 9.17) is 10.00 Å². The van der Waals surface area contributed by atoms with Gasteiger partial charge in [-0.25, -0.2) is 0 Å². The fourth-order valence-electron chi connectivity index (χ4n) is 1.33. The zero-order valence-electron chi connectivity index (χ0n) is 8.24. The van der Waals surface area contributed by atoms with E-state index in [2.05, 4.69) is 0 Å². The van der Waals surface area contributed by atoms with E-state index in [1.165, 1.54) is 0 Å². The molecule has 0 aromatic rings. The third kappa shape index (κ3) is 1.61. The van der Waals surface area contributed by atoms with Crippen LogP contribution in [0.25, 0.3) is 0 Å². The van der Waals surface area contributed by atoms with Gasteiger partial charge in [-0.3, -0.25) is 14.5 Å². The smallest absolute Gasteiger partial charge is 0.256 e. The standard InChI is InChI=1S/C9H12N2O3/c1-3-9(2,6-10)11-7(12)4-14-5-8(11)13/h3-5H2,1-2H3. The third-order valence-electron chi connectivity index (χ3n) is 2.37. The van der Waals surface area contributed by atoms with Crippen molar-refractivity contribution >= 4 is 11.8 Å². The summed E-state index contributed by atoms with van der Waals surface area (Å²) < 4.78 is 4.76. The molecule has 0 N–H and O–H groups in total. The first-order valence-electron chi connectivity index (χ1n) is 4.40. The number of nitrogens with zero attached hydrogens (tertiary/aromatic N) is 2. The van der Waals surface area contributed by atoms with Gasteiger partial charge in [-0.2, -0.15) is 5.26 Å². The van der Waals surface area contributed by atoms with E-state index >= 15 is 0 Å². The molecule has 1 atom stereocenters. The van der Waals surface area contributed by atoms with E-state index in [-0.39, 0.29) is 13.2 Å². The van der Waals surface area contributed by atoms with Crippen LogP contribution in [0.2, 0.25) is 0 Å². The van der Waals surface area contributed by atoms with Gasteiger partial charge in [0, 0.05) is 0 Å². The Hall–Kier alpha value is -1.41. The molecule has 0 aromatic heterocycles. The lowest BCUT2D eigenvalue weighted by Crippen LogP contribution is -2.57. The van der Waals surface area contributed by atoms with Crippen molar-refractivity contribution in [3.63, 3.8) is 0 Å². The summed E-state index contributed by atoms with van der Waals surface area (Å²) in [5.74, 6) is -0.876. The summed E-state index contributed by atoms with van der Waals surface area (Å²) in [5, 5.41) is 8.94. The van der Waals surface area contributed by atoms with E-state index < -0.39 is 17.4 Å². The van der Waals surface area contributed by atoms with Crippen molar-refractivity contribution in [1.29, 1.82) is 5.26 Å². The van der Waals surface area contributed by atoms with Crippen molar-refractivity contribution < 1.29 is 14.3 Å². The molecule has 14 heavy (non-hydrogen) atoms. The van der Waals surface area contributed by atoms with Gasteiger partial charge in [-0.15, -0.1) is 0 Å². The molecule has 1 fully saturated rings. The molecule has 1 aliphatic heterocycles. The predicted molar refractivity (Wildman–Crippen MR) is 47.0 cm³/mol. The van der Waals surface area contributed by atoms with Crippen molar-refractivity contribution in [1.82, 2.24) is 4.90 Å². The highest BCUT2D eigenvalue weighted by Crippen LogP contribution is 2.20.